The first-order valence-corrected chi connectivity index (χ1v) is 7.36. The molecule has 3 amide bonds. The van der Waals surface area contributed by atoms with Crippen LogP contribution in [0.15, 0.2) is 18.2 Å². The van der Waals surface area contributed by atoms with Gasteiger partial charge in [0.15, 0.2) is 0 Å². The molecule has 8 heteroatoms. The number of primary amides is 1. The lowest BCUT2D eigenvalue weighted by Gasteiger charge is -2.19. The van der Waals surface area contributed by atoms with Crippen molar-refractivity contribution in [3.8, 4) is 0 Å². The minimum atomic E-state index is -0.458. The van der Waals surface area contributed by atoms with E-state index in [1.165, 1.54) is 6.07 Å². The molecule has 2 rings (SSSR count). The van der Waals surface area contributed by atoms with Crippen LogP contribution in [-0.4, -0.2) is 37.6 Å². The Labute approximate surface area is 132 Å². The normalized spacial score (nSPS) is 17.4. The van der Waals surface area contributed by atoms with Gasteiger partial charge in [0.1, 0.15) is 5.82 Å². The van der Waals surface area contributed by atoms with Crippen LogP contribution in [0.4, 0.5) is 14.9 Å². The number of urea groups is 1. The zero-order chi connectivity index (χ0) is 16.1. The number of nitrogens with two attached hydrogens (primary N) is 1. The molecule has 1 atom stereocenters. The number of nitrogens with one attached hydrogen (secondary N) is 2. The molecule has 22 heavy (non-hydrogen) atoms. The topological polar surface area (TPSA) is 87.5 Å². The summed E-state index contributed by atoms with van der Waals surface area (Å²) >= 11 is 5.78. The predicted octanol–water partition coefficient (Wildman–Crippen LogP) is 1.23. The van der Waals surface area contributed by atoms with Crippen molar-refractivity contribution in [2.75, 3.05) is 24.5 Å². The van der Waals surface area contributed by atoms with Crippen LogP contribution in [-0.2, 0) is 4.79 Å². The van der Waals surface area contributed by atoms with Crippen molar-refractivity contribution in [1.82, 2.24) is 10.6 Å². The van der Waals surface area contributed by atoms with Gasteiger partial charge in [0, 0.05) is 37.8 Å². The molecule has 6 nitrogen and oxygen atoms in total. The quantitative estimate of drug-likeness (QED) is 0.759. The molecule has 0 spiro atoms. The van der Waals surface area contributed by atoms with Crippen LogP contribution < -0.4 is 21.3 Å². The van der Waals surface area contributed by atoms with E-state index < -0.39 is 11.7 Å². The molecule has 120 valence electrons. The Morgan fingerprint density at radius 3 is 2.91 bits per heavy atom. The minimum Gasteiger partial charge on any atom is -0.370 e. The summed E-state index contributed by atoms with van der Waals surface area (Å²) in [5.41, 5.74) is 5.82. The molecule has 1 saturated heterocycles. The van der Waals surface area contributed by atoms with E-state index in [4.69, 9.17) is 17.3 Å². The molecule has 0 aliphatic carbocycles. The van der Waals surface area contributed by atoms with Crippen molar-refractivity contribution in [2.45, 2.75) is 18.9 Å². The van der Waals surface area contributed by atoms with Crippen molar-refractivity contribution in [1.29, 1.82) is 0 Å². The van der Waals surface area contributed by atoms with Gasteiger partial charge >= 0.3 is 6.03 Å². The molecule has 0 unspecified atom stereocenters. The molecule has 1 fully saturated rings. The Bertz CT molecular complexity index is 570. The molecule has 0 saturated carbocycles. The second kappa shape index (κ2) is 7.31. The molecule has 1 aromatic carbocycles. The lowest BCUT2D eigenvalue weighted by atomic mass is 10.2. The average molecular weight is 329 g/mol. The monoisotopic (exact) mass is 328 g/mol. The fourth-order valence-corrected chi connectivity index (χ4v) is 2.50. The van der Waals surface area contributed by atoms with E-state index in [0.717, 1.165) is 18.7 Å². The third kappa shape index (κ3) is 4.49. The number of anilines is 1. The Morgan fingerprint density at radius 1 is 1.45 bits per heavy atom. The maximum Gasteiger partial charge on any atom is 0.315 e. The third-order valence-corrected chi connectivity index (χ3v) is 3.74. The third-order valence-electron chi connectivity index (χ3n) is 3.45. The van der Waals surface area contributed by atoms with Crippen LogP contribution in [0, 0.1) is 5.82 Å². The fourth-order valence-electron chi connectivity index (χ4n) is 2.33. The number of rotatable bonds is 5. The van der Waals surface area contributed by atoms with Gasteiger partial charge in [-0.2, -0.15) is 0 Å². The summed E-state index contributed by atoms with van der Waals surface area (Å²) in [6, 6.07) is 4.22. The second-order valence-electron chi connectivity index (χ2n) is 5.15. The van der Waals surface area contributed by atoms with Crippen LogP contribution in [0.25, 0.3) is 0 Å². The Kier molecular flexibility index (Phi) is 5.43. The number of nitrogens with zero attached hydrogens (tertiary/aromatic N) is 1. The highest BCUT2D eigenvalue weighted by molar-refractivity contribution is 6.31. The van der Waals surface area contributed by atoms with E-state index in [2.05, 4.69) is 10.6 Å². The molecule has 0 bridgehead atoms. The smallest absolute Gasteiger partial charge is 0.315 e. The molecule has 0 aromatic heterocycles. The summed E-state index contributed by atoms with van der Waals surface area (Å²) < 4.78 is 13.2. The van der Waals surface area contributed by atoms with Gasteiger partial charge < -0.3 is 21.3 Å². The number of hydrogen-bond donors (Lipinski definition) is 3. The van der Waals surface area contributed by atoms with Crippen molar-refractivity contribution in [3.05, 3.63) is 29.0 Å². The molecule has 1 aliphatic rings. The fraction of sp³-hybridized carbons (Fsp3) is 0.429. The summed E-state index contributed by atoms with van der Waals surface area (Å²) in [5.74, 6) is -0.909. The molecular formula is C14H18ClFN4O2. The van der Waals surface area contributed by atoms with Crippen molar-refractivity contribution >= 4 is 29.2 Å². The standard InChI is InChI=1S/C14H18ClFN4O2/c15-11-7-10(1-2-12(11)16)20-6-4-9(8-20)19-14(22)18-5-3-13(17)21/h1-2,7,9H,3-6,8H2,(H2,17,21)(H2,18,19,22)/t9-/m1/s1. The lowest BCUT2D eigenvalue weighted by molar-refractivity contribution is -0.117. The van der Waals surface area contributed by atoms with Gasteiger partial charge in [0.05, 0.1) is 5.02 Å². The molecule has 4 N–H and O–H groups in total. The summed E-state index contributed by atoms with van der Waals surface area (Å²) in [6.45, 7) is 1.57. The van der Waals surface area contributed by atoms with E-state index in [1.54, 1.807) is 12.1 Å². The number of benzene rings is 1. The maximum atomic E-state index is 13.2. The van der Waals surface area contributed by atoms with Gasteiger partial charge in [-0.3, -0.25) is 4.79 Å². The van der Waals surface area contributed by atoms with Crippen molar-refractivity contribution in [2.24, 2.45) is 5.73 Å². The predicted molar refractivity (Wildman–Crippen MR) is 82.4 cm³/mol. The number of carbonyl (C=O) groups is 2. The zero-order valence-electron chi connectivity index (χ0n) is 11.9. The first kappa shape index (κ1) is 16.4. The second-order valence-corrected chi connectivity index (χ2v) is 5.55. The minimum absolute atomic E-state index is 0.0163. The van der Waals surface area contributed by atoms with Crippen LogP contribution in [0.2, 0.25) is 5.02 Å². The molecule has 1 aliphatic heterocycles. The number of halogens is 2. The summed E-state index contributed by atoms with van der Waals surface area (Å²) in [7, 11) is 0. The molecule has 0 radical (unpaired) electrons. The molecule has 1 aromatic rings. The van der Waals surface area contributed by atoms with Gasteiger partial charge in [-0.1, -0.05) is 11.6 Å². The Hall–Kier alpha value is -2.02. The highest BCUT2D eigenvalue weighted by Crippen LogP contribution is 2.25. The summed E-state index contributed by atoms with van der Waals surface area (Å²) in [6.07, 6.45) is 0.885. The van der Waals surface area contributed by atoms with Gasteiger partial charge in [-0.15, -0.1) is 0 Å². The van der Waals surface area contributed by atoms with E-state index in [9.17, 15) is 14.0 Å². The van der Waals surface area contributed by atoms with Gasteiger partial charge in [0.2, 0.25) is 5.91 Å². The van der Waals surface area contributed by atoms with Crippen molar-refractivity contribution in [3.63, 3.8) is 0 Å². The lowest BCUT2D eigenvalue weighted by Crippen LogP contribution is -2.44. The Balaban J connectivity index is 1.81. The Morgan fingerprint density at radius 2 is 2.23 bits per heavy atom. The zero-order valence-corrected chi connectivity index (χ0v) is 12.7. The van der Waals surface area contributed by atoms with Crippen LogP contribution in [0.1, 0.15) is 12.8 Å². The first-order chi connectivity index (χ1) is 10.5. The van der Waals surface area contributed by atoms with Gasteiger partial charge in [0.25, 0.3) is 0 Å². The molecule has 1 heterocycles. The molecular weight excluding hydrogens is 311 g/mol. The van der Waals surface area contributed by atoms with E-state index in [-0.39, 0.29) is 30.1 Å². The van der Waals surface area contributed by atoms with Crippen LogP contribution in [0.5, 0.6) is 0 Å². The van der Waals surface area contributed by atoms with E-state index in [0.29, 0.717) is 6.54 Å². The SMILES string of the molecule is NC(=O)CCNC(=O)N[C@@H]1CCN(c2ccc(F)c(Cl)c2)C1. The highest BCUT2D eigenvalue weighted by atomic mass is 35.5. The van der Waals surface area contributed by atoms with E-state index in [1.807, 2.05) is 4.90 Å². The first-order valence-electron chi connectivity index (χ1n) is 6.98. The van der Waals surface area contributed by atoms with E-state index >= 15 is 0 Å². The largest absolute Gasteiger partial charge is 0.370 e. The summed E-state index contributed by atoms with van der Waals surface area (Å²) in [5, 5.41) is 5.48. The maximum absolute atomic E-state index is 13.2. The summed E-state index contributed by atoms with van der Waals surface area (Å²) in [4.78, 5) is 24.3. The number of carbonyl (C=O) groups excluding carboxylic acids is 2. The van der Waals surface area contributed by atoms with Crippen molar-refractivity contribution < 1.29 is 14.0 Å². The highest BCUT2D eigenvalue weighted by Gasteiger charge is 2.24. The van der Waals surface area contributed by atoms with Gasteiger partial charge in [-0.05, 0) is 24.6 Å². The average Bonchev–Trinajstić information content (AvgIpc) is 2.90. The van der Waals surface area contributed by atoms with Gasteiger partial charge in [-0.25, -0.2) is 9.18 Å². The van der Waals surface area contributed by atoms with Crippen LogP contribution >= 0.6 is 11.6 Å². The number of amides is 3. The number of hydrogen-bond acceptors (Lipinski definition) is 3. The van der Waals surface area contributed by atoms with Crippen LogP contribution in [0.3, 0.4) is 0 Å².